The predicted molar refractivity (Wildman–Crippen MR) is 81.6 cm³/mol. The molecule has 1 nitrogen and oxygen atoms in total. The summed E-state index contributed by atoms with van der Waals surface area (Å²) in [5, 5.41) is 0. The van der Waals surface area contributed by atoms with Gasteiger partial charge in [-0.25, -0.2) is 0 Å². The molecule has 1 aliphatic carbocycles. The minimum atomic E-state index is 0.225. The lowest BCUT2D eigenvalue weighted by molar-refractivity contribution is -0.104. The maximum atomic E-state index is 10.5. The predicted octanol–water partition coefficient (Wildman–Crippen LogP) is 4.56. The van der Waals surface area contributed by atoms with Gasteiger partial charge in [-0.2, -0.15) is 0 Å². The number of allylic oxidation sites excluding steroid dienone is 1. The molecule has 0 saturated heterocycles. The van der Waals surface area contributed by atoms with Crippen LogP contribution in [0.4, 0.5) is 0 Å². The van der Waals surface area contributed by atoms with Crippen molar-refractivity contribution in [1.82, 2.24) is 0 Å². The van der Waals surface area contributed by atoms with Crippen LogP contribution in [0.2, 0.25) is 0 Å². The molecule has 0 aliphatic heterocycles. The van der Waals surface area contributed by atoms with Crippen molar-refractivity contribution in [3.63, 3.8) is 0 Å². The zero-order chi connectivity index (χ0) is 14.3. The molecule has 0 aromatic heterocycles. The van der Waals surface area contributed by atoms with Gasteiger partial charge < -0.3 is 0 Å². The van der Waals surface area contributed by atoms with Crippen molar-refractivity contribution in [2.75, 3.05) is 0 Å². The summed E-state index contributed by atoms with van der Waals surface area (Å²) in [5.74, 6) is 0. The molecule has 1 aliphatic rings. The molecular formula is C18H24O. The van der Waals surface area contributed by atoms with E-state index in [-0.39, 0.29) is 10.8 Å². The van der Waals surface area contributed by atoms with Gasteiger partial charge in [0.2, 0.25) is 0 Å². The Balaban J connectivity index is 2.64. The highest BCUT2D eigenvalue weighted by Crippen LogP contribution is 2.46. The second-order valence-electron chi connectivity index (χ2n) is 7.02. The van der Waals surface area contributed by atoms with Crippen molar-refractivity contribution in [2.24, 2.45) is 0 Å². The van der Waals surface area contributed by atoms with Crippen LogP contribution in [0.3, 0.4) is 0 Å². The molecule has 0 fully saturated rings. The van der Waals surface area contributed by atoms with Gasteiger partial charge in [-0.05, 0) is 58.9 Å². The van der Waals surface area contributed by atoms with Crippen molar-refractivity contribution in [2.45, 2.75) is 58.3 Å². The Kier molecular flexibility index (Phi) is 3.42. The van der Waals surface area contributed by atoms with Crippen molar-refractivity contribution >= 4 is 12.4 Å². The summed E-state index contributed by atoms with van der Waals surface area (Å²) in [4.78, 5) is 10.5. The molecule has 1 heteroatoms. The third-order valence-corrected chi connectivity index (χ3v) is 4.59. The highest BCUT2D eigenvalue weighted by Gasteiger charge is 2.37. The Bertz CT molecular complexity index is 533. The summed E-state index contributed by atoms with van der Waals surface area (Å²) in [6.07, 6.45) is 6.78. The zero-order valence-electron chi connectivity index (χ0n) is 12.7. The molecule has 102 valence electrons. The van der Waals surface area contributed by atoms with E-state index in [1.807, 2.05) is 6.08 Å². The fraction of sp³-hybridized carbons (Fsp3) is 0.500. The summed E-state index contributed by atoms with van der Waals surface area (Å²) in [6, 6.07) is 4.60. The minimum absolute atomic E-state index is 0.225. The summed E-state index contributed by atoms with van der Waals surface area (Å²) in [6.45, 7) is 11.4. The molecule has 0 radical (unpaired) electrons. The van der Waals surface area contributed by atoms with Crippen LogP contribution >= 0.6 is 0 Å². The molecule has 2 rings (SSSR count). The summed E-state index contributed by atoms with van der Waals surface area (Å²) in [7, 11) is 0. The van der Waals surface area contributed by atoms with E-state index in [0.29, 0.717) is 0 Å². The second-order valence-corrected chi connectivity index (χ2v) is 7.02. The summed E-state index contributed by atoms with van der Waals surface area (Å²) < 4.78 is 0. The number of rotatable bonds is 2. The van der Waals surface area contributed by atoms with Crippen LogP contribution in [-0.4, -0.2) is 6.29 Å². The molecule has 0 unspecified atom stereocenters. The van der Waals surface area contributed by atoms with Gasteiger partial charge in [0, 0.05) is 0 Å². The Labute approximate surface area is 116 Å². The topological polar surface area (TPSA) is 17.1 Å². The second kappa shape index (κ2) is 4.63. The summed E-state index contributed by atoms with van der Waals surface area (Å²) in [5.41, 5.74) is 5.81. The van der Waals surface area contributed by atoms with Gasteiger partial charge in [0.1, 0.15) is 6.29 Å². The number of hydrogen-bond donors (Lipinski definition) is 0. The maximum absolute atomic E-state index is 10.5. The van der Waals surface area contributed by atoms with Gasteiger partial charge in [0.25, 0.3) is 0 Å². The molecule has 1 aromatic rings. The lowest BCUT2D eigenvalue weighted by Gasteiger charge is -2.42. The first-order chi connectivity index (χ1) is 8.78. The normalized spacial score (nSPS) is 20.3. The molecule has 0 amide bonds. The lowest BCUT2D eigenvalue weighted by Crippen LogP contribution is -2.34. The van der Waals surface area contributed by atoms with Crippen LogP contribution in [0.25, 0.3) is 6.08 Å². The van der Waals surface area contributed by atoms with E-state index in [2.05, 4.69) is 46.8 Å². The first kappa shape index (κ1) is 14.0. The number of fused-ring (bicyclic) bond motifs is 1. The van der Waals surface area contributed by atoms with Crippen LogP contribution in [0.5, 0.6) is 0 Å². The van der Waals surface area contributed by atoms with Gasteiger partial charge in [-0.1, -0.05) is 45.9 Å². The molecule has 19 heavy (non-hydrogen) atoms. The van der Waals surface area contributed by atoms with Gasteiger partial charge in [0.15, 0.2) is 0 Å². The fourth-order valence-electron chi connectivity index (χ4n) is 3.06. The van der Waals surface area contributed by atoms with Gasteiger partial charge in [-0.15, -0.1) is 0 Å². The number of aryl methyl sites for hydroxylation is 1. The quantitative estimate of drug-likeness (QED) is 0.560. The van der Waals surface area contributed by atoms with E-state index in [9.17, 15) is 4.79 Å². The number of carbonyl (C=O) groups excluding carboxylic acids is 1. The van der Waals surface area contributed by atoms with Crippen molar-refractivity contribution in [3.8, 4) is 0 Å². The van der Waals surface area contributed by atoms with Gasteiger partial charge in [-0.3, -0.25) is 4.79 Å². The van der Waals surface area contributed by atoms with Crippen LogP contribution in [0, 0.1) is 6.92 Å². The van der Waals surface area contributed by atoms with E-state index < -0.39 is 0 Å². The number of aldehydes is 1. The molecule has 0 spiro atoms. The zero-order valence-corrected chi connectivity index (χ0v) is 12.7. The Morgan fingerprint density at radius 2 is 1.53 bits per heavy atom. The number of hydrogen-bond acceptors (Lipinski definition) is 1. The van der Waals surface area contributed by atoms with Gasteiger partial charge in [0.05, 0.1) is 0 Å². The lowest BCUT2D eigenvalue weighted by atomic mass is 9.62. The van der Waals surface area contributed by atoms with Crippen LogP contribution in [-0.2, 0) is 15.6 Å². The van der Waals surface area contributed by atoms with E-state index in [0.717, 1.165) is 11.8 Å². The average molecular weight is 256 g/mol. The van der Waals surface area contributed by atoms with Crippen LogP contribution < -0.4 is 0 Å². The van der Waals surface area contributed by atoms with Crippen LogP contribution in [0.1, 0.15) is 62.8 Å². The maximum Gasteiger partial charge on any atom is 0.142 e. The number of carbonyl (C=O) groups is 1. The molecule has 0 N–H and O–H groups in total. The van der Waals surface area contributed by atoms with E-state index >= 15 is 0 Å². The smallest absolute Gasteiger partial charge is 0.142 e. The number of benzene rings is 1. The fourth-order valence-corrected chi connectivity index (χ4v) is 3.06. The average Bonchev–Trinajstić information content (AvgIpc) is 2.33. The van der Waals surface area contributed by atoms with E-state index in [1.54, 1.807) is 6.08 Å². The Hall–Kier alpha value is -1.37. The molecule has 0 saturated carbocycles. The molecule has 0 heterocycles. The first-order valence-electron chi connectivity index (χ1n) is 7.05. The van der Waals surface area contributed by atoms with E-state index in [1.165, 1.54) is 29.5 Å². The third kappa shape index (κ3) is 2.51. The Morgan fingerprint density at radius 3 is 2.05 bits per heavy atom. The first-order valence-corrected chi connectivity index (χ1v) is 7.05. The minimum Gasteiger partial charge on any atom is -0.299 e. The van der Waals surface area contributed by atoms with E-state index in [4.69, 9.17) is 0 Å². The third-order valence-electron chi connectivity index (χ3n) is 4.59. The summed E-state index contributed by atoms with van der Waals surface area (Å²) >= 11 is 0. The Morgan fingerprint density at radius 1 is 1.00 bits per heavy atom. The highest BCUT2D eigenvalue weighted by atomic mass is 16.1. The van der Waals surface area contributed by atoms with Crippen LogP contribution in [0.15, 0.2) is 18.2 Å². The monoisotopic (exact) mass is 256 g/mol. The molecule has 0 atom stereocenters. The SMILES string of the molecule is Cc1cc2c(cc1C=CC=O)C(C)(C)CCC2(C)C. The highest BCUT2D eigenvalue weighted by molar-refractivity contribution is 5.75. The van der Waals surface area contributed by atoms with Crippen molar-refractivity contribution < 1.29 is 4.79 Å². The molecular weight excluding hydrogens is 232 g/mol. The van der Waals surface area contributed by atoms with Gasteiger partial charge >= 0.3 is 0 Å². The molecule has 1 aromatic carbocycles. The molecule has 0 bridgehead atoms. The standard InChI is InChI=1S/C18H24O/c1-13-11-15-16(12-14(13)7-6-10-19)18(4,5)9-8-17(15,2)3/h6-7,10-12H,8-9H2,1-5H3. The van der Waals surface area contributed by atoms with Crippen molar-refractivity contribution in [1.29, 1.82) is 0 Å². The largest absolute Gasteiger partial charge is 0.299 e. The van der Waals surface area contributed by atoms with Crippen molar-refractivity contribution in [3.05, 3.63) is 40.5 Å².